The van der Waals surface area contributed by atoms with E-state index in [-0.39, 0.29) is 0 Å². The molecule has 0 bridgehead atoms. The van der Waals surface area contributed by atoms with Crippen molar-refractivity contribution in [3.63, 3.8) is 0 Å². The first-order chi connectivity index (χ1) is 8.28. The number of rotatable bonds is 6. The third-order valence-electron chi connectivity index (χ3n) is 3.26. The van der Waals surface area contributed by atoms with E-state index in [0.29, 0.717) is 0 Å². The summed E-state index contributed by atoms with van der Waals surface area (Å²) < 4.78 is 5.51. The van der Waals surface area contributed by atoms with E-state index in [0.717, 1.165) is 43.7 Å². The van der Waals surface area contributed by atoms with Gasteiger partial charge in [-0.15, -0.1) is 0 Å². The highest BCUT2D eigenvalue weighted by atomic mass is 16.4. The molecule has 1 saturated heterocycles. The quantitative estimate of drug-likeness (QED) is 0.766. The van der Waals surface area contributed by atoms with Crippen molar-refractivity contribution in [3.8, 4) is 0 Å². The SMILES string of the molecule is CCCNCC1CCN(Cc2ncc(C)o2)C1. The van der Waals surface area contributed by atoms with Gasteiger partial charge >= 0.3 is 0 Å². The molecule has 0 aliphatic carbocycles. The van der Waals surface area contributed by atoms with Crippen LogP contribution in [0.15, 0.2) is 10.6 Å². The number of aromatic nitrogens is 1. The molecule has 2 heterocycles. The summed E-state index contributed by atoms with van der Waals surface area (Å²) in [6.07, 6.45) is 4.30. The van der Waals surface area contributed by atoms with Gasteiger partial charge < -0.3 is 9.73 Å². The molecule has 1 aliphatic heterocycles. The van der Waals surface area contributed by atoms with Crippen LogP contribution in [0.1, 0.15) is 31.4 Å². The van der Waals surface area contributed by atoms with Crippen molar-refractivity contribution in [3.05, 3.63) is 17.8 Å². The third-order valence-corrected chi connectivity index (χ3v) is 3.26. The van der Waals surface area contributed by atoms with Crippen LogP contribution in [0.5, 0.6) is 0 Å². The smallest absolute Gasteiger partial charge is 0.208 e. The van der Waals surface area contributed by atoms with Gasteiger partial charge in [-0.1, -0.05) is 6.92 Å². The highest BCUT2D eigenvalue weighted by Crippen LogP contribution is 2.17. The summed E-state index contributed by atoms with van der Waals surface area (Å²) >= 11 is 0. The lowest BCUT2D eigenvalue weighted by molar-refractivity contribution is 0.276. The molecule has 17 heavy (non-hydrogen) atoms. The number of oxazole rings is 1. The average Bonchev–Trinajstić information content (AvgIpc) is 2.90. The lowest BCUT2D eigenvalue weighted by Crippen LogP contribution is -2.26. The van der Waals surface area contributed by atoms with Gasteiger partial charge in [-0.25, -0.2) is 4.98 Å². The van der Waals surface area contributed by atoms with Crippen LogP contribution in [-0.2, 0) is 6.54 Å². The molecule has 1 aliphatic rings. The Bertz CT molecular complexity index is 337. The Kier molecular flexibility index (Phi) is 4.57. The van der Waals surface area contributed by atoms with Crippen LogP contribution in [0.2, 0.25) is 0 Å². The van der Waals surface area contributed by atoms with Crippen molar-refractivity contribution in [2.24, 2.45) is 5.92 Å². The number of hydrogen-bond donors (Lipinski definition) is 1. The Morgan fingerprint density at radius 1 is 1.59 bits per heavy atom. The maximum Gasteiger partial charge on any atom is 0.208 e. The normalized spacial score (nSPS) is 21.2. The van der Waals surface area contributed by atoms with Gasteiger partial charge in [0, 0.05) is 6.54 Å². The van der Waals surface area contributed by atoms with Gasteiger partial charge in [-0.2, -0.15) is 0 Å². The minimum atomic E-state index is 0.789. The predicted octanol–water partition coefficient (Wildman–Crippen LogP) is 1.80. The second kappa shape index (κ2) is 6.17. The molecule has 1 aromatic rings. The van der Waals surface area contributed by atoms with Gasteiger partial charge in [0.15, 0.2) is 0 Å². The van der Waals surface area contributed by atoms with Gasteiger partial charge in [0.05, 0.1) is 12.7 Å². The molecule has 4 nitrogen and oxygen atoms in total. The third kappa shape index (κ3) is 3.82. The summed E-state index contributed by atoms with van der Waals surface area (Å²) in [6, 6.07) is 0. The monoisotopic (exact) mass is 237 g/mol. The molecule has 0 amide bonds. The number of likely N-dealkylation sites (tertiary alicyclic amines) is 1. The molecule has 1 atom stereocenters. The number of nitrogens with one attached hydrogen (secondary N) is 1. The zero-order valence-corrected chi connectivity index (χ0v) is 10.9. The van der Waals surface area contributed by atoms with Crippen molar-refractivity contribution in [2.75, 3.05) is 26.2 Å². The van der Waals surface area contributed by atoms with Crippen LogP contribution < -0.4 is 5.32 Å². The Balaban J connectivity index is 1.70. The molecule has 1 fully saturated rings. The molecular weight excluding hydrogens is 214 g/mol. The van der Waals surface area contributed by atoms with Crippen molar-refractivity contribution < 1.29 is 4.42 Å². The zero-order chi connectivity index (χ0) is 12.1. The minimum absolute atomic E-state index is 0.789. The van der Waals surface area contributed by atoms with E-state index < -0.39 is 0 Å². The van der Waals surface area contributed by atoms with Crippen LogP contribution >= 0.6 is 0 Å². The van der Waals surface area contributed by atoms with E-state index in [4.69, 9.17) is 4.42 Å². The first-order valence-electron chi connectivity index (χ1n) is 6.62. The Morgan fingerprint density at radius 2 is 2.47 bits per heavy atom. The van der Waals surface area contributed by atoms with Gasteiger partial charge in [0.25, 0.3) is 0 Å². The van der Waals surface area contributed by atoms with Crippen LogP contribution in [0.4, 0.5) is 0 Å². The van der Waals surface area contributed by atoms with Crippen LogP contribution in [0, 0.1) is 12.8 Å². The zero-order valence-electron chi connectivity index (χ0n) is 10.9. The molecule has 1 unspecified atom stereocenters. The standard InChI is InChI=1S/C13H23N3O/c1-3-5-14-8-12-4-6-16(9-12)10-13-15-7-11(2)17-13/h7,12,14H,3-6,8-10H2,1-2H3. The molecule has 0 aromatic carbocycles. The van der Waals surface area contributed by atoms with Crippen LogP contribution in [0.3, 0.4) is 0 Å². The summed E-state index contributed by atoms with van der Waals surface area (Å²) in [6.45, 7) is 9.62. The first-order valence-corrected chi connectivity index (χ1v) is 6.62. The summed E-state index contributed by atoms with van der Waals surface area (Å²) in [5.41, 5.74) is 0. The molecule has 96 valence electrons. The van der Waals surface area contributed by atoms with E-state index in [1.165, 1.54) is 19.4 Å². The lowest BCUT2D eigenvalue weighted by atomic mass is 10.1. The van der Waals surface area contributed by atoms with Crippen molar-refractivity contribution in [2.45, 2.75) is 33.2 Å². The van der Waals surface area contributed by atoms with Gasteiger partial charge in [-0.05, 0) is 45.3 Å². The molecule has 0 spiro atoms. The first kappa shape index (κ1) is 12.6. The van der Waals surface area contributed by atoms with Crippen molar-refractivity contribution in [1.29, 1.82) is 0 Å². The molecule has 1 aromatic heterocycles. The Hall–Kier alpha value is -0.870. The van der Waals surface area contributed by atoms with Gasteiger partial charge in [0.1, 0.15) is 5.76 Å². The number of nitrogens with zero attached hydrogens (tertiary/aromatic N) is 2. The summed E-state index contributed by atoms with van der Waals surface area (Å²) in [4.78, 5) is 6.69. The van der Waals surface area contributed by atoms with Crippen LogP contribution in [-0.4, -0.2) is 36.1 Å². The van der Waals surface area contributed by atoms with E-state index in [1.807, 2.05) is 6.92 Å². The summed E-state index contributed by atoms with van der Waals surface area (Å²) in [7, 11) is 0. The highest BCUT2D eigenvalue weighted by molar-refractivity contribution is 4.91. The van der Waals surface area contributed by atoms with E-state index in [2.05, 4.69) is 22.1 Å². The predicted molar refractivity (Wildman–Crippen MR) is 67.8 cm³/mol. The highest BCUT2D eigenvalue weighted by Gasteiger charge is 2.23. The maximum atomic E-state index is 5.51. The van der Waals surface area contributed by atoms with Crippen LogP contribution in [0.25, 0.3) is 0 Å². The van der Waals surface area contributed by atoms with E-state index in [9.17, 15) is 0 Å². The Labute approximate surface area is 103 Å². The topological polar surface area (TPSA) is 41.3 Å². The van der Waals surface area contributed by atoms with Gasteiger partial charge in [-0.3, -0.25) is 4.90 Å². The van der Waals surface area contributed by atoms with E-state index in [1.54, 1.807) is 6.20 Å². The second-order valence-electron chi connectivity index (χ2n) is 4.96. The minimum Gasteiger partial charge on any atom is -0.445 e. The average molecular weight is 237 g/mol. The largest absolute Gasteiger partial charge is 0.445 e. The molecule has 0 saturated carbocycles. The number of aryl methyl sites for hydroxylation is 1. The maximum absolute atomic E-state index is 5.51. The fraction of sp³-hybridized carbons (Fsp3) is 0.769. The molecule has 2 rings (SSSR count). The summed E-state index contributed by atoms with van der Waals surface area (Å²) in [5.74, 6) is 2.54. The lowest BCUT2D eigenvalue weighted by Gasteiger charge is -2.14. The second-order valence-corrected chi connectivity index (χ2v) is 4.96. The van der Waals surface area contributed by atoms with Crippen molar-refractivity contribution in [1.82, 2.24) is 15.2 Å². The molecule has 1 N–H and O–H groups in total. The van der Waals surface area contributed by atoms with E-state index >= 15 is 0 Å². The van der Waals surface area contributed by atoms with Gasteiger partial charge in [0.2, 0.25) is 5.89 Å². The van der Waals surface area contributed by atoms with Crippen molar-refractivity contribution >= 4 is 0 Å². The molecule has 0 radical (unpaired) electrons. The fourth-order valence-corrected chi connectivity index (χ4v) is 2.37. The molecule has 4 heteroatoms. The fourth-order valence-electron chi connectivity index (χ4n) is 2.37. The Morgan fingerprint density at radius 3 is 3.18 bits per heavy atom. The summed E-state index contributed by atoms with van der Waals surface area (Å²) in [5, 5.41) is 3.50. The number of hydrogen-bond acceptors (Lipinski definition) is 4. The molecular formula is C13H23N3O.